The van der Waals surface area contributed by atoms with Crippen molar-refractivity contribution in [1.29, 1.82) is 0 Å². The second kappa shape index (κ2) is 6.13. The summed E-state index contributed by atoms with van der Waals surface area (Å²) in [5.74, 6) is 0.849. The fourth-order valence-corrected chi connectivity index (χ4v) is 1.71. The van der Waals surface area contributed by atoms with Crippen LogP contribution in [0.2, 0.25) is 0 Å². The predicted octanol–water partition coefficient (Wildman–Crippen LogP) is 2.66. The Morgan fingerprint density at radius 2 is 2.05 bits per heavy atom. The van der Waals surface area contributed by atoms with Crippen LogP contribution in [-0.2, 0) is 4.79 Å². The molecule has 0 saturated carbocycles. The Morgan fingerprint density at radius 3 is 2.77 bits per heavy atom. The van der Waals surface area contributed by atoms with Gasteiger partial charge in [-0.1, -0.05) is 22.8 Å². The molecule has 112 valence electrons. The van der Waals surface area contributed by atoms with Crippen LogP contribution in [-0.4, -0.2) is 22.7 Å². The number of hydrogen-bond acceptors (Lipinski definition) is 6. The molecule has 3 rings (SSSR count). The number of nitrogens with zero attached hydrogens (tertiary/aromatic N) is 2. The average molecular weight is 299 g/mol. The molecule has 0 aliphatic carbocycles. The van der Waals surface area contributed by atoms with Gasteiger partial charge >= 0.3 is 6.01 Å². The fourth-order valence-electron chi connectivity index (χ4n) is 1.71. The summed E-state index contributed by atoms with van der Waals surface area (Å²) in [6, 6.07) is 10.8. The van der Waals surface area contributed by atoms with Gasteiger partial charge in [0.15, 0.2) is 12.4 Å². The summed E-state index contributed by atoms with van der Waals surface area (Å²) in [6.07, 6.45) is 1.49. The molecule has 2 aromatic heterocycles. The highest BCUT2D eigenvalue weighted by molar-refractivity contribution is 5.89. The van der Waals surface area contributed by atoms with Gasteiger partial charge in [-0.15, -0.1) is 5.10 Å². The molecular formula is C15H13N3O4. The predicted molar refractivity (Wildman–Crippen MR) is 77.3 cm³/mol. The van der Waals surface area contributed by atoms with Gasteiger partial charge in [-0.3, -0.25) is 10.1 Å². The molecule has 0 unspecified atom stereocenters. The quantitative estimate of drug-likeness (QED) is 0.779. The Morgan fingerprint density at radius 1 is 1.23 bits per heavy atom. The van der Waals surface area contributed by atoms with Crippen LogP contribution in [0.4, 0.5) is 6.01 Å². The van der Waals surface area contributed by atoms with Gasteiger partial charge in [0.2, 0.25) is 0 Å². The zero-order chi connectivity index (χ0) is 15.4. The number of furan rings is 1. The van der Waals surface area contributed by atoms with Gasteiger partial charge in [0.25, 0.3) is 11.8 Å². The first-order valence-electron chi connectivity index (χ1n) is 6.57. The van der Waals surface area contributed by atoms with E-state index in [1.165, 1.54) is 6.26 Å². The zero-order valence-electron chi connectivity index (χ0n) is 11.8. The van der Waals surface area contributed by atoms with Crippen molar-refractivity contribution >= 4 is 11.9 Å². The highest BCUT2D eigenvalue weighted by Gasteiger charge is 2.13. The van der Waals surface area contributed by atoms with Crippen molar-refractivity contribution in [2.75, 3.05) is 11.9 Å². The monoisotopic (exact) mass is 299 g/mol. The van der Waals surface area contributed by atoms with Gasteiger partial charge in [-0.05, 0) is 31.2 Å². The lowest BCUT2D eigenvalue weighted by molar-refractivity contribution is -0.118. The van der Waals surface area contributed by atoms with E-state index in [0.717, 1.165) is 5.56 Å². The molecule has 1 aromatic carbocycles. The molecule has 0 spiro atoms. The molecule has 1 amide bonds. The molecule has 0 bridgehead atoms. The van der Waals surface area contributed by atoms with E-state index in [1.54, 1.807) is 24.3 Å². The Labute approximate surface area is 125 Å². The molecule has 3 aromatic rings. The minimum absolute atomic E-state index is 0.0103. The summed E-state index contributed by atoms with van der Waals surface area (Å²) in [4.78, 5) is 11.8. The molecule has 0 radical (unpaired) electrons. The molecule has 0 saturated heterocycles. The van der Waals surface area contributed by atoms with E-state index in [0.29, 0.717) is 11.5 Å². The second-order valence-corrected chi connectivity index (χ2v) is 4.54. The van der Waals surface area contributed by atoms with Crippen LogP contribution >= 0.6 is 0 Å². The van der Waals surface area contributed by atoms with E-state index in [4.69, 9.17) is 13.6 Å². The number of carbonyl (C=O) groups is 1. The standard InChI is InChI=1S/C15H13N3O4/c1-10-4-6-11(7-5-10)21-9-13(19)16-15-18-17-14(22-15)12-3-2-8-20-12/h2-8H,9H2,1H3,(H,16,18,19). The molecule has 22 heavy (non-hydrogen) atoms. The molecule has 2 heterocycles. The Kier molecular flexibility index (Phi) is 3.86. The maximum Gasteiger partial charge on any atom is 0.322 e. The van der Waals surface area contributed by atoms with Crippen LogP contribution in [0.1, 0.15) is 5.56 Å². The summed E-state index contributed by atoms with van der Waals surface area (Å²) in [6.45, 7) is 1.82. The number of amides is 1. The molecule has 0 aliphatic rings. The lowest BCUT2D eigenvalue weighted by Crippen LogP contribution is -2.20. The third-order valence-electron chi connectivity index (χ3n) is 2.79. The lowest BCUT2D eigenvalue weighted by atomic mass is 10.2. The summed E-state index contributed by atoms with van der Waals surface area (Å²) < 4.78 is 15.7. The smallest absolute Gasteiger partial charge is 0.322 e. The third kappa shape index (κ3) is 3.32. The first-order chi connectivity index (χ1) is 10.7. The van der Waals surface area contributed by atoms with E-state index in [-0.39, 0.29) is 18.5 Å². The number of nitrogens with one attached hydrogen (secondary N) is 1. The van der Waals surface area contributed by atoms with Crippen molar-refractivity contribution in [3.05, 3.63) is 48.2 Å². The Bertz CT molecular complexity index is 747. The number of benzene rings is 1. The fraction of sp³-hybridized carbons (Fsp3) is 0.133. The van der Waals surface area contributed by atoms with Crippen LogP contribution in [0.5, 0.6) is 5.75 Å². The summed E-state index contributed by atoms with van der Waals surface area (Å²) in [5.41, 5.74) is 1.12. The van der Waals surface area contributed by atoms with Crippen LogP contribution in [0.25, 0.3) is 11.7 Å². The number of aryl methyl sites for hydroxylation is 1. The molecule has 0 aliphatic heterocycles. The van der Waals surface area contributed by atoms with E-state index in [2.05, 4.69) is 15.5 Å². The molecule has 7 heteroatoms. The van der Waals surface area contributed by atoms with E-state index < -0.39 is 5.91 Å². The Balaban J connectivity index is 1.54. The highest BCUT2D eigenvalue weighted by atomic mass is 16.5. The van der Waals surface area contributed by atoms with Gasteiger partial charge in [-0.25, -0.2) is 0 Å². The number of rotatable bonds is 5. The first-order valence-corrected chi connectivity index (χ1v) is 6.57. The number of ether oxygens (including phenoxy) is 1. The minimum Gasteiger partial charge on any atom is -0.484 e. The average Bonchev–Trinajstić information content (AvgIpc) is 3.17. The van der Waals surface area contributed by atoms with E-state index >= 15 is 0 Å². The van der Waals surface area contributed by atoms with Gasteiger partial charge in [0.1, 0.15) is 5.75 Å². The molecule has 7 nitrogen and oxygen atoms in total. The van der Waals surface area contributed by atoms with Gasteiger partial charge in [-0.2, -0.15) is 0 Å². The van der Waals surface area contributed by atoms with Crippen LogP contribution in [0, 0.1) is 6.92 Å². The molecular weight excluding hydrogens is 286 g/mol. The number of carbonyl (C=O) groups excluding carboxylic acids is 1. The van der Waals surface area contributed by atoms with Crippen LogP contribution in [0.3, 0.4) is 0 Å². The van der Waals surface area contributed by atoms with Gasteiger partial charge < -0.3 is 13.6 Å². The maximum atomic E-state index is 11.8. The Hall–Kier alpha value is -3.09. The van der Waals surface area contributed by atoms with E-state index in [9.17, 15) is 4.79 Å². The zero-order valence-corrected chi connectivity index (χ0v) is 11.8. The SMILES string of the molecule is Cc1ccc(OCC(=O)Nc2nnc(-c3ccco3)o2)cc1. The van der Waals surface area contributed by atoms with Crippen molar-refractivity contribution in [3.63, 3.8) is 0 Å². The summed E-state index contributed by atoms with van der Waals surface area (Å²) in [5, 5.41) is 9.95. The summed E-state index contributed by atoms with van der Waals surface area (Å²) in [7, 11) is 0. The molecule has 0 atom stereocenters. The van der Waals surface area contributed by atoms with Crippen molar-refractivity contribution in [3.8, 4) is 17.4 Å². The van der Waals surface area contributed by atoms with Crippen molar-refractivity contribution in [2.24, 2.45) is 0 Å². The van der Waals surface area contributed by atoms with Gasteiger partial charge in [0.05, 0.1) is 6.26 Å². The van der Waals surface area contributed by atoms with Crippen LogP contribution < -0.4 is 10.1 Å². The minimum atomic E-state index is -0.393. The normalized spacial score (nSPS) is 10.4. The number of hydrogen-bond donors (Lipinski definition) is 1. The largest absolute Gasteiger partial charge is 0.484 e. The van der Waals surface area contributed by atoms with E-state index in [1.807, 2.05) is 19.1 Å². The van der Waals surface area contributed by atoms with Crippen LogP contribution in [0.15, 0.2) is 51.5 Å². The molecule has 1 N–H and O–H groups in total. The highest BCUT2D eigenvalue weighted by Crippen LogP contribution is 2.19. The number of aromatic nitrogens is 2. The van der Waals surface area contributed by atoms with Crippen molar-refractivity contribution in [2.45, 2.75) is 6.92 Å². The van der Waals surface area contributed by atoms with Crippen molar-refractivity contribution in [1.82, 2.24) is 10.2 Å². The second-order valence-electron chi connectivity index (χ2n) is 4.54. The third-order valence-corrected chi connectivity index (χ3v) is 2.79. The topological polar surface area (TPSA) is 90.4 Å². The first kappa shape index (κ1) is 13.9. The lowest BCUT2D eigenvalue weighted by Gasteiger charge is -2.05. The van der Waals surface area contributed by atoms with Crippen molar-refractivity contribution < 1.29 is 18.4 Å². The summed E-state index contributed by atoms with van der Waals surface area (Å²) >= 11 is 0. The molecule has 0 fully saturated rings. The number of anilines is 1. The van der Waals surface area contributed by atoms with Gasteiger partial charge in [0, 0.05) is 0 Å². The maximum absolute atomic E-state index is 11.8.